The first-order chi connectivity index (χ1) is 8.20. The number of hydrogen-bond acceptors (Lipinski definition) is 3. The second kappa shape index (κ2) is 5.58. The van der Waals surface area contributed by atoms with E-state index in [0.717, 1.165) is 17.5 Å². The molecule has 2 rings (SSSR count). The lowest BCUT2D eigenvalue weighted by atomic mass is 10.1. The molecule has 1 unspecified atom stereocenters. The van der Waals surface area contributed by atoms with Crippen LogP contribution in [0.5, 0.6) is 0 Å². The Morgan fingerprint density at radius 2 is 2.47 bits per heavy atom. The lowest BCUT2D eigenvalue weighted by Crippen LogP contribution is -2.10. The zero-order valence-electron chi connectivity index (χ0n) is 10.0. The van der Waals surface area contributed by atoms with Crippen LogP contribution in [0.15, 0.2) is 17.6 Å². The summed E-state index contributed by atoms with van der Waals surface area (Å²) in [5.74, 6) is 0.163. The van der Waals surface area contributed by atoms with Crippen LogP contribution in [0.3, 0.4) is 0 Å². The summed E-state index contributed by atoms with van der Waals surface area (Å²) in [6.45, 7) is 2.18. The van der Waals surface area contributed by atoms with Crippen molar-refractivity contribution in [2.24, 2.45) is 5.92 Å². The van der Waals surface area contributed by atoms with Crippen molar-refractivity contribution in [3.63, 3.8) is 0 Å². The highest BCUT2D eigenvalue weighted by atomic mass is 32.2. The molecule has 0 spiro atoms. The molecule has 1 aromatic rings. The Hall–Kier alpha value is -0.970. The molecule has 1 atom stereocenters. The van der Waals surface area contributed by atoms with Crippen LogP contribution in [-0.4, -0.2) is 26.4 Å². The van der Waals surface area contributed by atoms with Gasteiger partial charge in [0.2, 0.25) is 0 Å². The topological polar surface area (TPSA) is 55.1 Å². The van der Waals surface area contributed by atoms with Gasteiger partial charge in [-0.3, -0.25) is 4.79 Å². The Labute approximate surface area is 105 Å². The monoisotopic (exact) mass is 254 g/mol. The number of carboxylic acids is 1. The third-order valence-corrected chi connectivity index (χ3v) is 4.09. The molecule has 0 aromatic carbocycles. The highest BCUT2D eigenvalue weighted by molar-refractivity contribution is 7.99. The van der Waals surface area contributed by atoms with E-state index in [4.69, 9.17) is 5.11 Å². The number of aliphatic carboxylic acids is 1. The van der Waals surface area contributed by atoms with E-state index in [9.17, 15) is 4.79 Å². The van der Waals surface area contributed by atoms with E-state index in [-0.39, 0.29) is 5.75 Å². The first kappa shape index (κ1) is 12.5. The molecule has 0 saturated heterocycles. The van der Waals surface area contributed by atoms with E-state index in [1.54, 1.807) is 6.20 Å². The zero-order chi connectivity index (χ0) is 12.3. The number of nitrogens with zero attached hydrogens (tertiary/aromatic N) is 2. The van der Waals surface area contributed by atoms with Gasteiger partial charge >= 0.3 is 5.97 Å². The normalized spacial score (nSPS) is 17.0. The van der Waals surface area contributed by atoms with Crippen molar-refractivity contribution in [1.29, 1.82) is 0 Å². The molecule has 5 heteroatoms. The van der Waals surface area contributed by atoms with E-state index >= 15 is 0 Å². The fraction of sp³-hybridized carbons (Fsp3) is 0.667. The number of imidazole rings is 1. The van der Waals surface area contributed by atoms with Gasteiger partial charge in [0.05, 0.1) is 5.75 Å². The van der Waals surface area contributed by atoms with Gasteiger partial charge in [-0.15, -0.1) is 0 Å². The first-order valence-corrected chi connectivity index (χ1v) is 7.06. The summed E-state index contributed by atoms with van der Waals surface area (Å²) < 4.78 is 2.14. The van der Waals surface area contributed by atoms with Crippen molar-refractivity contribution in [2.45, 2.75) is 43.8 Å². The number of hydrogen-bond donors (Lipinski definition) is 1. The maximum Gasteiger partial charge on any atom is 0.313 e. The summed E-state index contributed by atoms with van der Waals surface area (Å²) in [4.78, 5) is 14.8. The summed E-state index contributed by atoms with van der Waals surface area (Å²) in [7, 11) is 0. The fourth-order valence-electron chi connectivity index (χ4n) is 2.03. The number of carbonyl (C=O) groups is 1. The quantitative estimate of drug-likeness (QED) is 0.760. The number of thioether (sulfide) groups is 1. The molecule has 0 bridgehead atoms. The summed E-state index contributed by atoms with van der Waals surface area (Å²) in [5, 5.41) is 9.53. The maximum absolute atomic E-state index is 10.6. The van der Waals surface area contributed by atoms with Crippen LogP contribution >= 0.6 is 11.8 Å². The zero-order valence-corrected chi connectivity index (χ0v) is 10.8. The molecule has 1 saturated carbocycles. The van der Waals surface area contributed by atoms with E-state index in [2.05, 4.69) is 16.5 Å². The molecule has 4 nitrogen and oxygen atoms in total. The van der Waals surface area contributed by atoms with Crippen LogP contribution in [0.25, 0.3) is 0 Å². The number of rotatable bonds is 7. The summed E-state index contributed by atoms with van der Waals surface area (Å²) in [5.41, 5.74) is 0. The summed E-state index contributed by atoms with van der Waals surface area (Å²) in [6, 6.07) is 0.473. The van der Waals surface area contributed by atoms with Crippen molar-refractivity contribution in [1.82, 2.24) is 9.55 Å². The number of aromatic nitrogens is 2. The van der Waals surface area contributed by atoms with Crippen molar-refractivity contribution in [2.75, 3.05) is 5.75 Å². The van der Waals surface area contributed by atoms with Gasteiger partial charge in [0.1, 0.15) is 0 Å². The average molecular weight is 254 g/mol. The molecule has 1 heterocycles. The smallest absolute Gasteiger partial charge is 0.313 e. The van der Waals surface area contributed by atoms with Crippen LogP contribution in [0.1, 0.15) is 38.6 Å². The lowest BCUT2D eigenvalue weighted by Gasteiger charge is -2.18. The molecule has 1 aliphatic rings. The average Bonchev–Trinajstić information content (AvgIpc) is 3.00. The molecule has 1 aromatic heterocycles. The molecule has 0 aliphatic heterocycles. The van der Waals surface area contributed by atoms with Crippen molar-refractivity contribution in [3.8, 4) is 0 Å². The van der Waals surface area contributed by atoms with Crippen molar-refractivity contribution in [3.05, 3.63) is 12.4 Å². The van der Waals surface area contributed by atoms with E-state index in [1.807, 2.05) is 6.20 Å². The van der Waals surface area contributed by atoms with E-state index < -0.39 is 5.97 Å². The van der Waals surface area contributed by atoms with Crippen LogP contribution in [0.2, 0.25) is 0 Å². The first-order valence-electron chi connectivity index (χ1n) is 6.08. The van der Waals surface area contributed by atoms with Gasteiger partial charge in [-0.2, -0.15) is 0 Å². The van der Waals surface area contributed by atoms with Gasteiger partial charge in [-0.1, -0.05) is 31.5 Å². The second-order valence-electron chi connectivity index (χ2n) is 4.54. The summed E-state index contributed by atoms with van der Waals surface area (Å²) >= 11 is 1.31. The van der Waals surface area contributed by atoms with Gasteiger partial charge in [0.15, 0.2) is 5.16 Å². The lowest BCUT2D eigenvalue weighted by molar-refractivity contribution is -0.133. The Morgan fingerprint density at radius 1 is 1.71 bits per heavy atom. The predicted molar refractivity (Wildman–Crippen MR) is 67.3 cm³/mol. The Balaban J connectivity index is 2.01. The standard InChI is InChI=1S/C12H18N2O2S/c1-2-10(7-9-3-4-9)14-6-5-13-12(14)17-8-11(15)16/h5-6,9-10H,2-4,7-8H2,1H3,(H,15,16). The Morgan fingerprint density at radius 3 is 3.06 bits per heavy atom. The second-order valence-corrected chi connectivity index (χ2v) is 5.48. The Bertz CT molecular complexity index is 388. The maximum atomic E-state index is 10.6. The molecule has 1 N–H and O–H groups in total. The fourth-order valence-corrected chi connectivity index (χ4v) is 2.78. The molecule has 17 heavy (non-hydrogen) atoms. The molecular formula is C12H18N2O2S. The summed E-state index contributed by atoms with van der Waals surface area (Å²) in [6.07, 6.45) is 8.72. The number of carboxylic acid groups (broad SMARTS) is 1. The Kier molecular flexibility index (Phi) is 4.10. The van der Waals surface area contributed by atoms with Gasteiger partial charge in [-0.05, 0) is 18.8 Å². The molecule has 0 amide bonds. The van der Waals surface area contributed by atoms with Crippen molar-refractivity contribution < 1.29 is 9.90 Å². The van der Waals surface area contributed by atoms with Crippen LogP contribution in [-0.2, 0) is 4.79 Å². The largest absolute Gasteiger partial charge is 0.481 e. The molecule has 0 radical (unpaired) electrons. The highest BCUT2D eigenvalue weighted by Crippen LogP contribution is 2.38. The van der Waals surface area contributed by atoms with Crippen LogP contribution in [0, 0.1) is 5.92 Å². The van der Waals surface area contributed by atoms with Gasteiger partial charge in [0, 0.05) is 18.4 Å². The van der Waals surface area contributed by atoms with E-state index in [0.29, 0.717) is 6.04 Å². The predicted octanol–water partition coefficient (Wildman–Crippen LogP) is 2.81. The van der Waals surface area contributed by atoms with Crippen molar-refractivity contribution >= 4 is 17.7 Å². The van der Waals surface area contributed by atoms with Gasteiger partial charge in [0.25, 0.3) is 0 Å². The third-order valence-electron chi connectivity index (χ3n) is 3.12. The minimum atomic E-state index is -0.792. The minimum Gasteiger partial charge on any atom is -0.481 e. The van der Waals surface area contributed by atoms with Gasteiger partial charge < -0.3 is 9.67 Å². The molecular weight excluding hydrogens is 236 g/mol. The minimum absolute atomic E-state index is 0.0802. The van der Waals surface area contributed by atoms with Crippen LogP contribution in [0.4, 0.5) is 0 Å². The van der Waals surface area contributed by atoms with E-state index in [1.165, 1.54) is 31.0 Å². The third kappa shape index (κ3) is 3.49. The molecule has 1 fully saturated rings. The SMILES string of the molecule is CCC(CC1CC1)n1ccnc1SCC(=O)O. The highest BCUT2D eigenvalue weighted by Gasteiger charge is 2.26. The van der Waals surface area contributed by atoms with Crippen LogP contribution < -0.4 is 0 Å². The molecule has 94 valence electrons. The van der Waals surface area contributed by atoms with Gasteiger partial charge in [-0.25, -0.2) is 4.98 Å². The molecule has 1 aliphatic carbocycles.